The molecule has 0 aromatic heterocycles. The lowest BCUT2D eigenvalue weighted by atomic mass is 9.68. The number of carboxylic acids is 1. The van der Waals surface area contributed by atoms with Crippen LogP contribution < -0.4 is 15.4 Å². The molecule has 0 amide bonds. The highest BCUT2D eigenvalue weighted by Gasteiger charge is 2.50. The lowest BCUT2D eigenvalue weighted by Crippen LogP contribution is -2.52. The summed E-state index contributed by atoms with van der Waals surface area (Å²) in [4.78, 5) is 29.9. The molecule has 4 saturated heterocycles. The second kappa shape index (κ2) is 15.1. The van der Waals surface area contributed by atoms with Crippen molar-refractivity contribution in [2.45, 2.75) is 131 Å². The summed E-state index contributed by atoms with van der Waals surface area (Å²) in [7, 11) is 0. The molecule has 4 saturated carbocycles. The second-order valence-corrected chi connectivity index (χ2v) is 19.5. The van der Waals surface area contributed by atoms with Crippen LogP contribution in [0.15, 0.2) is 54.6 Å². The molecule has 56 heavy (non-hydrogen) atoms. The highest BCUT2D eigenvalue weighted by molar-refractivity contribution is 5.76. The molecular weight excluding hydrogens is 705 g/mol. The van der Waals surface area contributed by atoms with Crippen LogP contribution in [0.25, 0.3) is 0 Å². The minimum Gasteiger partial charge on any atom is -0.481 e. The number of carbonyl (C=O) groups is 2. The molecule has 2 aromatic rings. The van der Waals surface area contributed by atoms with E-state index in [0.29, 0.717) is 54.2 Å². The van der Waals surface area contributed by atoms with Crippen molar-refractivity contribution in [3.05, 3.63) is 65.7 Å². The number of likely N-dealkylation sites (tertiary alicyclic amines) is 2. The van der Waals surface area contributed by atoms with E-state index in [4.69, 9.17) is 14.2 Å². The summed E-state index contributed by atoms with van der Waals surface area (Å²) in [5.41, 5.74) is 2.23. The number of hydrogen-bond donors (Lipinski definition) is 3. The van der Waals surface area contributed by atoms with E-state index in [1.165, 1.54) is 17.5 Å². The lowest BCUT2D eigenvalue weighted by molar-refractivity contribution is -0.157. The van der Waals surface area contributed by atoms with Crippen molar-refractivity contribution in [1.82, 2.24) is 20.4 Å². The summed E-state index contributed by atoms with van der Waals surface area (Å²) in [5.74, 6) is 1.68. The van der Waals surface area contributed by atoms with Gasteiger partial charge in [-0.25, -0.2) is 0 Å². The Balaban J connectivity index is 0.602. The van der Waals surface area contributed by atoms with Crippen LogP contribution in [0.5, 0.6) is 5.75 Å². The Morgan fingerprint density at radius 3 is 1.80 bits per heavy atom. The number of aliphatic carboxylic acids is 1. The number of ether oxygens (including phenoxy) is 3. The van der Waals surface area contributed by atoms with Crippen LogP contribution in [0.2, 0.25) is 0 Å². The van der Waals surface area contributed by atoms with E-state index in [-0.39, 0.29) is 23.1 Å². The van der Waals surface area contributed by atoms with Gasteiger partial charge in [-0.05, 0) is 106 Å². The highest BCUT2D eigenvalue weighted by atomic mass is 16.5. The van der Waals surface area contributed by atoms with E-state index < -0.39 is 11.4 Å². The Morgan fingerprint density at radius 1 is 0.714 bits per heavy atom. The number of carboxylic acid groups (broad SMARTS) is 1. The van der Waals surface area contributed by atoms with Crippen LogP contribution in [-0.2, 0) is 19.1 Å². The lowest BCUT2D eigenvalue weighted by Gasteiger charge is -2.45. The van der Waals surface area contributed by atoms with E-state index in [9.17, 15) is 14.7 Å². The van der Waals surface area contributed by atoms with Crippen molar-refractivity contribution >= 4 is 11.9 Å². The Morgan fingerprint density at radius 2 is 1.27 bits per heavy atom. The number of benzene rings is 2. The molecule has 302 valence electrons. The molecular formula is C46H62N4O6. The van der Waals surface area contributed by atoms with Crippen LogP contribution in [-0.4, -0.2) is 115 Å². The first kappa shape index (κ1) is 37.4. The maximum Gasteiger partial charge on any atom is 0.314 e. The molecule has 6 atom stereocenters. The molecule has 0 radical (unpaired) electrons. The average molecular weight is 767 g/mol. The molecule has 10 nitrogen and oxygen atoms in total. The third-order valence-corrected chi connectivity index (χ3v) is 15.6. The van der Waals surface area contributed by atoms with Crippen molar-refractivity contribution in [3.8, 4) is 5.75 Å². The Bertz CT molecular complexity index is 1710. The zero-order valence-corrected chi connectivity index (χ0v) is 33.0. The van der Waals surface area contributed by atoms with Gasteiger partial charge in [-0.1, -0.05) is 48.9 Å². The largest absolute Gasteiger partial charge is 0.481 e. The minimum absolute atomic E-state index is 0.00763. The maximum absolute atomic E-state index is 13.0. The Kier molecular flexibility index (Phi) is 10.1. The van der Waals surface area contributed by atoms with E-state index in [0.717, 1.165) is 123 Å². The normalized spacial score (nSPS) is 35.5. The topological polar surface area (TPSA) is 113 Å². The molecule has 10 heteroatoms. The van der Waals surface area contributed by atoms with Crippen LogP contribution in [0, 0.1) is 17.3 Å². The van der Waals surface area contributed by atoms with Crippen LogP contribution in [0.1, 0.15) is 106 Å². The summed E-state index contributed by atoms with van der Waals surface area (Å²) in [6.07, 6.45) is 13.2. The molecule has 4 aliphatic heterocycles. The number of carbonyl (C=O) groups excluding carboxylic acids is 1. The predicted octanol–water partition coefficient (Wildman–Crippen LogP) is 5.71. The Hall–Kier alpha value is -2.86. The standard InChI is InChI=1S/C46H62N4O6/c51-42(34-21-31(22-34)27-49-17-13-45(14-18-49)25-35(28-54-45)47-40-23-38(40)32-5-2-1-3-6-32)56-37-9-7-33(8-10-37)39-24-41(39)48-36-26-46(55-29-36)15-19-50(20-16-46)30-44(43(52)53)11-4-12-44/h1-3,5-10,31,34-36,38-41,47-48H,4,11-30H2,(H,52,53)/t31?,34?,35?,36?,38-,39-,40+,41+/m0/s1. The minimum atomic E-state index is -0.618. The van der Waals surface area contributed by atoms with Gasteiger partial charge in [0.25, 0.3) is 0 Å². The van der Waals surface area contributed by atoms with Gasteiger partial charge < -0.3 is 39.8 Å². The summed E-state index contributed by atoms with van der Waals surface area (Å²) in [5, 5.41) is 17.5. The van der Waals surface area contributed by atoms with Crippen molar-refractivity contribution in [1.29, 1.82) is 0 Å². The second-order valence-electron chi connectivity index (χ2n) is 19.5. The third kappa shape index (κ3) is 7.83. The molecule has 4 aliphatic carbocycles. The predicted molar refractivity (Wildman–Crippen MR) is 213 cm³/mol. The fourth-order valence-corrected chi connectivity index (χ4v) is 11.6. The van der Waals surface area contributed by atoms with Crippen molar-refractivity contribution in [2.75, 3.05) is 52.5 Å². The molecule has 3 N–H and O–H groups in total. The number of hydrogen-bond acceptors (Lipinski definition) is 9. The van der Waals surface area contributed by atoms with Gasteiger partial charge in [0, 0.05) is 75.3 Å². The number of rotatable bonds is 13. The summed E-state index contributed by atoms with van der Waals surface area (Å²) in [6.45, 7) is 7.39. The molecule has 2 unspecified atom stereocenters. The van der Waals surface area contributed by atoms with Gasteiger partial charge in [0.1, 0.15) is 5.75 Å². The van der Waals surface area contributed by atoms with Crippen molar-refractivity contribution in [3.63, 3.8) is 0 Å². The smallest absolute Gasteiger partial charge is 0.314 e. The first-order valence-electron chi connectivity index (χ1n) is 22.1. The summed E-state index contributed by atoms with van der Waals surface area (Å²) < 4.78 is 18.8. The molecule has 4 heterocycles. The number of nitrogens with one attached hydrogen (secondary N) is 2. The summed E-state index contributed by atoms with van der Waals surface area (Å²) >= 11 is 0. The van der Waals surface area contributed by atoms with E-state index in [1.54, 1.807) is 0 Å². The molecule has 0 bridgehead atoms. The van der Waals surface area contributed by atoms with Gasteiger partial charge in [-0.15, -0.1) is 0 Å². The van der Waals surface area contributed by atoms with E-state index in [1.807, 2.05) is 12.1 Å². The number of nitrogens with zero attached hydrogens (tertiary/aromatic N) is 2. The van der Waals surface area contributed by atoms with E-state index >= 15 is 0 Å². The quantitative estimate of drug-likeness (QED) is 0.173. The zero-order valence-electron chi connectivity index (χ0n) is 33.0. The van der Waals surface area contributed by atoms with Gasteiger partial charge in [0.05, 0.1) is 35.7 Å². The fourth-order valence-electron chi connectivity index (χ4n) is 11.6. The first-order chi connectivity index (χ1) is 27.2. The van der Waals surface area contributed by atoms with Gasteiger partial charge in [0.15, 0.2) is 0 Å². The molecule has 2 aromatic carbocycles. The molecule has 8 aliphatic rings. The fraction of sp³-hybridized carbons (Fsp3) is 0.696. The van der Waals surface area contributed by atoms with Gasteiger partial charge in [-0.2, -0.15) is 0 Å². The van der Waals surface area contributed by atoms with Gasteiger partial charge >= 0.3 is 11.9 Å². The van der Waals surface area contributed by atoms with Gasteiger partial charge in [0.2, 0.25) is 0 Å². The van der Waals surface area contributed by atoms with Gasteiger partial charge in [-0.3, -0.25) is 9.59 Å². The van der Waals surface area contributed by atoms with Crippen molar-refractivity contribution < 1.29 is 28.9 Å². The van der Waals surface area contributed by atoms with E-state index in [2.05, 4.69) is 62.9 Å². The van der Waals surface area contributed by atoms with Crippen LogP contribution in [0.4, 0.5) is 0 Å². The zero-order chi connectivity index (χ0) is 37.9. The molecule has 2 spiro atoms. The molecule has 10 rings (SSSR count). The van der Waals surface area contributed by atoms with Crippen molar-refractivity contribution in [2.24, 2.45) is 17.3 Å². The number of esters is 1. The summed E-state index contributed by atoms with van der Waals surface area (Å²) in [6, 6.07) is 21.0. The van der Waals surface area contributed by atoms with Crippen LogP contribution >= 0.6 is 0 Å². The third-order valence-electron chi connectivity index (χ3n) is 15.6. The Labute approximate surface area is 332 Å². The molecule has 8 fully saturated rings. The maximum atomic E-state index is 13.0. The van der Waals surface area contributed by atoms with Crippen LogP contribution in [0.3, 0.4) is 0 Å². The monoisotopic (exact) mass is 766 g/mol. The first-order valence-corrected chi connectivity index (χ1v) is 22.1. The SMILES string of the molecule is O=C(Oc1ccc([C@@H]2C[C@H]2NC2COC3(CCN(CC4(C(=O)O)CCC4)CC3)C2)cc1)C1CC(CN2CCC3(CC2)CC(N[C@@H]2C[C@H]2c2ccccc2)CO3)C1. The average Bonchev–Trinajstić information content (AvgIpc) is 4.05. The number of piperidine rings is 2. The highest BCUT2D eigenvalue weighted by Crippen LogP contribution is 2.47.